The van der Waals surface area contributed by atoms with Crippen molar-refractivity contribution < 1.29 is 19.0 Å². The van der Waals surface area contributed by atoms with Gasteiger partial charge in [0.1, 0.15) is 16.5 Å². The van der Waals surface area contributed by atoms with Crippen LogP contribution in [0.4, 0.5) is 5.69 Å². The third-order valence-corrected chi connectivity index (χ3v) is 6.56. The van der Waals surface area contributed by atoms with Crippen molar-refractivity contribution in [3.05, 3.63) is 97.9 Å². The molecule has 0 aliphatic rings. The normalized spacial score (nSPS) is 11.9. The van der Waals surface area contributed by atoms with Crippen molar-refractivity contribution in [1.29, 1.82) is 5.26 Å². The van der Waals surface area contributed by atoms with Crippen molar-refractivity contribution in [3.8, 4) is 29.0 Å². The zero-order valence-corrected chi connectivity index (χ0v) is 21.2. The molecule has 0 bridgehead atoms. The number of nitrogens with zero attached hydrogens (tertiary/aromatic N) is 2. The van der Waals surface area contributed by atoms with E-state index in [2.05, 4.69) is 5.32 Å². The molecular formula is C28H23N3O5S. The van der Waals surface area contributed by atoms with Crippen LogP contribution in [-0.4, -0.2) is 31.8 Å². The van der Waals surface area contributed by atoms with Crippen molar-refractivity contribution in [2.75, 3.05) is 26.6 Å². The molecule has 0 unspecified atom stereocenters. The van der Waals surface area contributed by atoms with Crippen LogP contribution in [0.25, 0.3) is 17.3 Å². The number of benzene rings is 3. The topological polar surface area (TPSA) is 103 Å². The van der Waals surface area contributed by atoms with Crippen LogP contribution < -0.4 is 34.3 Å². The Kier molecular flexibility index (Phi) is 7.71. The van der Waals surface area contributed by atoms with Gasteiger partial charge in [-0.25, -0.2) is 0 Å². The van der Waals surface area contributed by atoms with Gasteiger partial charge in [0, 0.05) is 5.56 Å². The van der Waals surface area contributed by atoms with Gasteiger partial charge in [-0.1, -0.05) is 42.5 Å². The molecule has 0 saturated carbocycles. The van der Waals surface area contributed by atoms with Gasteiger partial charge >= 0.3 is 0 Å². The van der Waals surface area contributed by atoms with Gasteiger partial charge in [0.2, 0.25) is 0 Å². The molecule has 0 aliphatic carbocycles. The lowest BCUT2D eigenvalue weighted by atomic mass is 10.2. The van der Waals surface area contributed by atoms with E-state index < -0.39 is 5.91 Å². The SMILES string of the molecule is COc1ccccc1NC(=O)/C(C#N)=c1\s/c(=C\c2cccc(OC)c2OC)c(=O)n1-c1ccccc1. The number of nitriles is 1. The number of hydrogen-bond acceptors (Lipinski definition) is 7. The maximum absolute atomic E-state index is 13.6. The molecule has 0 radical (unpaired) electrons. The predicted octanol–water partition coefficient (Wildman–Crippen LogP) is 3.07. The van der Waals surface area contributed by atoms with Crippen LogP contribution in [0.2, 0.25) is 0 Å². The number of carbonyl (C=O) groups is 1. The van der Waals surface area contributed by atoms with Gasteiger partial charge in [-0.2, -0.15) is 5.26 Å². The molecule has 37 heavy (non-hydrogen) atoms. The number of methoxy groups -OCH3 is 3. The van der Waals surface area contributed by atoms with Crippen LogP contribution in [0.1, 0.15) is 5.56 Å². The Morgan fingerprint density at radius 1 is 0.919 bits per heavy atom. The second kappa shape index (κ2) is 11.3. The fraction of sp³-hybridized carbons (Fsp3) is 0.107. The molecular weight excluding hydrogens is 490 g/mol. The van der Waals surface area contributed by atoms with Gasteiger partial charge in [-0.3, -0.25) is 14.2 Å². The van der Waals surface area contributed by atoms with E-state index in [0.717, 1.165) is 11.3 Å². The Labute approximate surface area is 216 Å². The quantitative estimate of drug-likeness (QED) is 0.408. The van der Waals surface area contributed by atoms with Gasteiger partial charge in [-0.05, 0) is 36.4 Å². The summed E-state index contributed by atoms with van der Waals surface area (Å²) >= 11 is 1.04. The molecule has 3 aromatic carbocycles. The predicted molar refractivity (Wildman–Crippen MR) is 143 cm³/mol. The Bertz CT molecular complexity index is 1670. The van der Waals surface area contributed by atoms with Crippen molar-refractivity contribution in [2.24, 2.45) is 0 Å². The summed E-state index contributed by atoms with van der Waals surface area (Å²) in [5.41, 5.74) is 0.946. The maximum atomic E-state index is 13.6. The number of rotatable bonds is 7. The summed E-state index contributed by atoms with van der Waals surface area (Å²) in [6, 6.07) is 23.0. The molecule has 1 N–H and O–H groups in total. The maximum Gasteiger partial charge on any atom is 0.273 e. The highest BCUT2D eigenvalue weighted by Crippen LogP contribution is 2.31. The number of aromatic nitrogens is 1. The number of carbonyl (C=O) groups excluding carboxylic acids is 1. The Balaban J connectivity index is 1.98. The number of amides is 1. The second-order valence-corrected chi connectivity index (χ2v) is 8.65. The second-order valence-electron chi connectivity index (χ2n) is 7.62. The van der Waals surface area contributed by atoms with E-state index in [9.17, 15) is 14.9 Å². The first-order valence-corrected chi connectivity index (χ1v) is 11.9. The first-order chi connectivity index (χ1) is 18.0. The lowest BCUT2D eigenvalue weighted by Crippen LogP contribution is -2.32. The molecule has 0 aliphatic heterocycles. The fourth-order valence-electron chi connectivity index (χ4n) is 3.76. The summed E-state index contributed by atoms with van der Waals surface area (Å²) in [4.78, 5) is 26.9. The minimum absolute atomic E-state index is 0.194. The number of hydrogen-bond donors (Lipinski definition) is 1. The minimum atomic E-state index is -0.663. The van der Waals surface area contributed by atoms with E-state index in [1.807, 2.05) is 12.1 Å². The van der Waals surface area contributed by atoms with Crippen molar-refractivity contribution in [2.45, 2.75) is 0 Å². The Morgan fingerprint density at radius 3 is 2.27 bits per heavy atom. The van der Waals surface area contributed by atoms with E-state index in [1.54, 1.807) is 72.8 Å². The van der Waals surface area contributed by atoms with Crippen molar-refractivity contribution >= 4 is 34.6 Å². The average Bonchev–Trinajstić information content (AvgIpc) is 3.24. The molecule has 186 valence electrons. The summed E-state index contributed by atoms with van der Waals surface area (Å²) in [5.74, 6) is 0.753. The molecule has 4 rings (SSSR count). The summed E-state index contributed by atoms with van der Waals surface area (Å²) in [5, 5.41) is 12.8. The Morgan fingerprint density at radius 2 is 1.59 bits per heavy atom. The Hall–Kier alpha value is -4.81. The van der Waals surface area contributed by atoms with Gasteiger partial charge in [0.25, 0.3) is 11.5 Å². The summed E-state index contributed by atoms with van der Waals surface area (Å²) < 4.78 is 18.0. The molecule has 8 nitrogen and oxygen atoms in total. The van der Waals surface area contributed by atoms with Crippen molar-refractivity contribution in [3.63, 3.8) is 0 Å². The van der Waals surface area contributed by atoms with Crippen LogP contribution in [0.15, 0.2) is 77.6 Å². The molecule has 0 fully saturated rings. The van der Waals surface area contributed by atoms with Crippen LogP contribution >= 0.6 is 11.3 Å². The number of nitrogens with one attached hydrogen (secondary N) is 1. The van der Waals surface area contributed by atoms with Crippen LogP contribution in [0, 0.1) is 11.3 Å². The van der Waals surface area contributed by atoms with E-state index in [1.165, 1.54) is 25.9 Å². The zero-order valence-electron chi connectivity index (χ0n) is 20.3. The molecule has 0 atom stereocenters. The van der Waals surface area contributed by atoms with Gasteiger partial charge in [-0.15, -0.1) is 11.3 Å². The average molecular weight is 514 g/mol. The molecule has 4 aromatic rings. The molecule has 0 spiro atoms. The zero-order chi connectivity index (χ0) is 26.4. The van der Waals surface area contributed by atoms with Crippen LogP contribution in [0.3, 0.4) is 0 Å². The molecule has 1 amide bonds. The highest BCUT2D eigenvalue weighted by atomic mass is 32.1. The van der Waals surface area contributed by atoms with E-state index in [-0.39, 0.29) is 15.8 Å². The van der Waals surface area contributed by atoms with Gasteiger partial charge < -0.3 is 19.5 Å². The summed E-state index contributed by atoms with van der Waals surface area (Å²) in [6.45, 7) is 0. The van der Waals surface area contributed by atoms with E-state index in [0.29, 0.717) is 38.7 Å². The van der Waals surface area contributed by atoms with Gasteiger partial charge in [0.15, 0.2) is 17.1 Å². The molecule has 0 saturated heterocycles. The van der Waals surface area contributed by atoms with Crippen LogP contribution in [-0.2, 0) is 4.79 Å². The third kappa shape index (κ3) is 5.10. The minimum Gasteiger partial charge on any atom is -0.495 e. The summed E-state index contributed by atoms with van der Waals surface area (Å²) in [6.07, 6.45) is 1.66. The monoisotopic (exact) mass is 513 g/mol. The van der Waals surface area contributed by atoms with E-state index >= 15 is 0 Å². The lowest BCUT2D eigenvalue weighted by molar-refractivity contribution is -0.111. The first kappa shape index (κ1) is 25.3. The smallest absolute Gasteiger partial charge is 0.273 e. The number of para-hydroxylation sites is 4. The number of ether oxygens (including phenoxy) is 3. The molecule has 9 heteroatoms. The van der Waals surface area contributed by atoms with Crippen LogP contribution in [0.5, 0.6) is 17.2 Å². The molecule has 1 heterocycles. The summed E-state index contributed by atoms with van der Waals surface area (Å²) in [7, 11) is 4.53. The lowest BCUT2D eigenvalue weighted by Gasteiger charge is -2.09. The fourth-order valence-corrected chi connectivity index (χ4v) is 4.85. The number of anilines is 1. The molecule has 1 aromatic heterocycles. The number of thiazole rings is 1. The highest BCUT2D eigenvalue weighted by molar-refractivity contribution is 7.07. The van der Waals surface area contributed by atoms with E-state index in [4.69, 9.17) is 14.2 Å². The first-order valence-electron chi connectivity index (χ1n) is 11.1. The highest BCUT2D eigenvalue weighted by Gasteiger charge is 2.19. The van der Waals surface area contributed by atoms with Crippen molar-refractivity contribution in [1.82, 2.24) is 4.57 Å². The standard InChI is InChI=1S/C28H23N3O5S/c1-34-22-14-8-7-13-21(22)30-26(32)20(17-29)28-31(19-11-5-4-6-12-19)27(33)24(37-28)16-18-10-9-15-23(35-2)25(18)36-3/h4-16H,1-3H3,(H,30,32)/b24-16-,28-20-. The largest absolute Gasteiger partial charge is 0.495 e. The third-order valence-electron chi connectivity index (χ3n) is 5.47. The van der Waals surface area contributed by atoms with Gasteiger partial charge in [0.05, 0.1) is 37.2 Å².